The number of nitrogens with zero attached hydrogens (tertiary/aromatic N) is 2. The van der Waals surface area contributed by atoms with Gasteiger partial charge in [0.1, 0.15) is 22.3 Å². The molecule has 4 rings (SSSR count). The van der Waals surface area contributed by atoms with Gasteiger partial charge in [-0.15, -0.1) is 0 Å². The third-order valence-electron chi connectivity index (χ3n) is 8.18. The summed E-state index contributed by atoms with van der Waals surface area (Å²) in [5.74, 6) is -3.36. The summed E-state index contributed by atoms with van der Waals surface area (Å²) in [5, 5.41) is 5.84. The van der Waals surface area contributed by atoms with Crippen molar-refractivity contribution in [3.05, 3.63) is 93.8 Å². The topological polar surface area (TPSA) is 117 Å². The lowest BCUT2D eigenvalue weighted by molar-refractivity contribution is -0.137. The molecule has 46 heavy (non-hydrogen) atoms. The molecule has 0 bridgehead atoms. The van der Waals surface area contributed by atoms with Crippen molar-refractivity contribution in [2.24, 2.45) is 5.73 Å². The minimum absolute atomic E-state index is 0.000366. The molecule has 15 heteroatoms. The Morgan fingerprint density at radius 2 is 1.89 bits per heavy atom. The van der Waals surface area contributed by atoms with Crippen LogP contribution in [-0.2, 0) is 28.1 Å². The van der Waals surface area contributed by atoms with Gasteiger partial charge in [0.25, 0.3) is 0 Å². The first-order valence-electron chi connectivity index (χ1n) is 14.6. The molecule has 1 fully saturated rings. The summed E-state index contributed by atoms with van der Waals surface area (Å²) >= 11 is 5.82. The van der Waals surface area contributed by atoms with Gasteiger partial charge in [-0.1, -0.05) is 23.7 Å². The molecule has 0 spiro atoms. The highest BCUT2D eigenvalue weighted by atomic mass is 35.5. The molecule has 0 saturated carbocycles. The van der Waals surface area contributed by atoms with E-state index in [2.05, 4.69) is 20.5 Å². The molecule has 1 aliphatic rings. The third kappa shape index (κ3) is 9.22. The molecule has 2 unspecified atom stereocenters. The maximum atomic E-state index is 15.1. The third-order valence-corrected chi connectivity index (χ3v) is 9.17. The summed E-state index contributed by atoms with van der Waals surface area (Å²) < 4.78 is 91.8. The second-order valence-electron chi connectivity index (χ2n) is 11.4. The second-order valence-corrected chi connectivity index (χ2v) is 12.9. The average Bonchev–Trinajstić information content (AvgIpc) is 2.99. The van der Waals surface area contributed by atoms with E-state index in [1.807, 2.05) is 7.05 Å². The van der Waals surface area contributed by atoms with Crippen molar-refractivity contribution >= 4 is 33.9 Å². The van der Waals surface area contributed by atoms with Gasteiger partial charge in [0.15, 0.2) is 0 Å². The first-order valence-corrected chi connectivity index (χ1v) is 16.3. The van der Waals surface area contributed by atoms with Crippen molar-refractivity contribution < 1.29 is 35.2 Å². The van der Waals surface area contributed by atoms with E-state index in [1.165, 1.54) is 30.3 Å². The molecule has 2 aromatic carbocycles. The van der Waals surface area contributed by atoms with Gasteiger partial charge in [-0.3, -0.25) is 9.78 Å². The van der Waals surface area contributed by atoms with Crippen LogP contribution in [0.4, 0.5) is 27.6 Å². The van der Waals surface area contributed by atoms with Crippen molar-refractivity contribution in [1.82, 2.24) is 15.2 Å². The molecule has 2 heterocycles. The van der Waals surface area contributed by atoms with Gasteiger partial charge in [-0.2, -0.15) is 13.2 Å². The number of pyridine rings is 1. The van der Waals surface area contributed by atoms with Crippen LogP contribution in [0.2, 0.25) is 5.02 Å². The highest BCUT2D eigenvalue weighted by Gasteiger charge is 2.35. The Balaban J connectivity index is 1.51. The number of hydrogen-bond donors (Lipinski definition) is 4. The Labute approximate surface area is 270 Å². The van der Waals surface area contributed by atoms with E-state index in [-0.39, 0.29) is 51.7 Å². The molecule has 4 atom stereocenters. The van der Waals surface area contributed by atoms with Gasteiger partial charge in [0.2, 0.25) is 5.91 Å². The number of carbonyl (C=O) groups excluding carboxylic acids is 1. The number of nitrogens with two attached hydrogens (primary N) is 1. The number of amides is 1. The quantitative estimate of drug-likeness (QED) is 0.161. The minimum Gasteiger partial charge on any atom is -0.324 e. The Morgan fingerprint density at radius 1 is 1.13 bits per heavy atom. The zero-order valence-corrected chi connectivity index (χ0v) is 26.5. The van der Waals surface area contributed by atoms with Gasteiger partial charge in [-0.05, 0) is 74.2 Å². The maximum absolute atomic E-state index is 15.1. The zero-order chi connectivity index (χ0) is 33.6. The largest absolute Gasteiger partial charge is 0.417 e. The summed E-state index contributed by atoms with van der Waals surface area (Å²) in [7, 11) is -0.458. The van der Waals surface area contributed by atoms with E-state index >= 15 is 4.39 Å². The monoisotopic (exact) mass is 687 g/mol. The number of anilines is 1. The molecule has 1 aromatic heterocycles. The number of thiol groups is 1. The highest BCUT2D eigenvalue weighted by molar-refractivity contribution is 7.72. The first kappa shape index (κ1) is 35.7. The van der Waals surface area contributed by atoms with Gasteiger partial charge >= 0.3 is 6.18 Å². The smallest absolute Gasteiger partial charge is 0.324 e. The number of likely N-dealkylation sites (N-methyl/N-ethyl adjacent to an activating group) is 1. The summed E-state index contributed by atoms with van der Waals surface area (Å²) in [4.78, 5) is 19.4. The van der Waals surface area contributed by atoms with Crippen LogP contribution >= 0.6 is 11.6 Å². The molecule has 0 aliphatic carbocycles. The fraction of sp³-hybridized carbons (Fsp3) is 0.419. The molecule has 1 amide bonds. The Bertz CT molecular complexity index is 1600. The van der Waals surface area contributed by atoms with E-state index in [1.54, 1.807) is 0 Å². The average molecular weight is 688 g/mol. The second kappa shape index (κ2) is 15.6. The van der Waals surface area contributed by atoms with Crippen LogP contribution in [0.1, 0.15) is 47.4 Å². The number of piperazine rings is 1. The van der Waals surface area contributed by atoms with Crippen LogP contribution in [-0.4, -0.2) is 68.2 Å². The maximum Gasteiger partial charge on any atom is 0.417 e. The summed E-state index contributed by atoms with van der Waals surface area (Å²) in [6.45, 7) is 1.29. The normalized spacial score (nSPS) is 18.8. The summed E-state index contributed by atoms with van der Waals surface area (Å²) in [5.41, 5.74) is 5.68. The van der Waals surface area contributed by atoms with Crippen molar-refractivity contribution in [3.63, 3.8) is 0 Å². The molecular formula is C31H35ClF5N5O3S. The van der Waals surface area contributed by atoms with E-state index in [0.29, 0.717) is 32.1 Å². The molecule has 1 aliphatic heterocycles. The van der Waals surface area contributed by atoms with Gasteiger partial charge in [0, 0.05) is 60.5 Å². The van der Waals surface area contributed by atoms with Gasteiger partial charge in [0.05, 0.1) is 16.6 Å². The van der Waals surface area contributed by atoms with Gasteiger partial charge in [-0.25, -0.2) is 17.2 Å². The van der Waals surface area contributed by atoms with E-state index in [0.717, 1.165) is 24.8 Å². The Kier molecular flexibility index (Phi) is 12.1. The van der Waals surface area contributed by atoms with Crippen LogP contribution in [0.15, 0.2) is 54.9 Å². The number of hydrogen-bond acceptors (Lipinski definition) is 7. The SMILES string of the molecule is CN1CC(CCc2c(F)cccc2NC(=O)[C@@H](N)[C@H](c2cncc(C(F)(F)F)c2)c2ccc(Cl)c(F)c2)NCC1CCC[SH](=O)=O. The lowest BCUT2D eigenvalue weighted by Gasteiger charge is -2.38. The Morgan fingerprint density at radius 3 is 2.57 bits per heavy atom. The lowest BCUT2D eigenvalue weighted by atomic mass is 9.85. The molecule has 250 valence electrons. The zero-order valence-electron chi connectivity index (χ0n) is 24.9. The number of aromatic nitrogens is 1. The molecular weight excluding hydrogens is 653 g/mol. The number of nitrogens with one attached hydrogen (secondary N) is 2. The van der Waals surface area contributed by atoms with E-state index < -0.39 is 51.9 Å². The van der Waals surface area contributed by atoms with Crippen molar-refractivity contribution in [3.8, 4) is 0 Å². The molecule has 8 nitrogen and oxygen atoms in total. The number of halogens is 6. The summed E-state index contributed by atoms with van der Waals surface area (Å²) in [6.07, 6.45) is -0.926. The highest BCUT2D eigenvalue weighted by Crippen LogP contribution is 2.35. The molecule has 1 saturated heterocycles. The number of benzene rings is 2. The van der Waals surface area contributed by atoms with Crippen LogP contribution in [0, 0.1) is 11.6 Å². The van der Waals surface area contributed by atoms with Crippen molar-refractivity contribution in [2.75, 3.05) is 31.2 Å². The van der Waals surface area contributed by atoms with E-state index in [9.17, 15) is 30.8 Å². The number of rotatable bonds is 12. The van der Waals surface area contributed by atoms with Crippen LogP contribution in [0.5, 0.6) is 0 Å². The van der Waals surface area contributed by atoms with Crippen molar-refractivity contribution in [2.45, 2.75) is 55.9 Å². The predicted molar refractivity (Wildman–Crippen MR) is 166 cm³/mol. The standard InChI is InChI=1S/C31H35ClF5N5O3S/c1-42-17-21(40-16-22(42)4-3-11-46(44)45)8-9-23-25(33)5-2-6-27(23)41-30(43)29(38)28(18-7-10-24(32)26(34)13-18)19-12-20(15-39-14-19)31(35,36)37/h2,5-7,10,12-15,21-22,28-29,40,46H,3-4,8-9,11,16-17,38H2,1H3,(H,41,43)/t21?,22?,28-,29-/m0/s1. The number of alkyl halides is 3. The fourth-order valence-corrected chi connectivity index (χ4v) is 6.26. The van der Waals surface area contributed by atoms with Crippen LogP contribution < -0.4 is 16.4 Å². The van der Waals surface area contributed by atoms with E-state index in [4.69, 9.17) is 17.3 Å². The Hall–Kier alpha value is -3.17. The van der Waals surface area contributed by atoms with Crippen LogP contribution in [0.3, 0.4) is 0 Å². The first-order chi connectivity index (χ1) is 21.7. The van der Waals surface area contributed by atoms with Crippen LogP contribution in [0.25, 0.3) is 0 Å². The predicted octanol–water partition coefficient (Wildman–Crippen LogP) is 4.73. The number of carbonyl (C=O) groups is 1. The minimum atomic E-state index is -4.73. The summed E-state index contributed by atoms with van der Waals surface area (Å²) in [6, 6.07) is 7.18. The molecule has 3 aromatic rings. The lowest BCUT2D eigenvalue weighted by Crippen LogP contribution is -2.55. The molecule has 0 radical (unpaired) electrons. The van der Waals surface area contributed by atoms with Crippen molar-refractivity contribution in [1.29, 1.82) is 0 Å². The van der Waals surface area contributed by atoms with Gasteiger partial charge < -0.3 is 21.3 Å². The molecule has 4 N–H and O–H groups in total. The fourth-order valence-electron chi connectivity index (χ4n) is 5.70.